The average molecular weight is 207 g/mol. The lowest BCUT2D eigenvalue weighted by Crippen LogP contribution is -2.58. The van der Waals surface area contributed by atoms with Crippen LogP contribution in [-0.4, -0.2) is 49.1 Å². The van der Waals surface area contributed by atoms with Gasteiger partial charge in [0, 0.05) is 24.8 Å². The zero-order valence-electron chi connectivity index (χ0n) is 7.60. The first-order valence-corrected chi connectivity index (χ1v) is 6.04. The van der Waals surface area contributed by atoms with Gasteiger partial charge in [0.1, 0.15) is 9.84 Å². The first-order chi connectivity index (χ1) is 5.81. The molecule has 0 radical (unpaired) electrons. The molecule has 1 N–H and O–H groups in total. The smallest absolute Gasteiger partial charge is 0.407 e. The van der Waals surface area contributed by atoms with Gasteiger partial charge in [-0.1, -0.05) is 0 Å². The van der Waals surface area contributed by atoms with E-state index in [0.717, 1.165) is 0 Å². The summed E-state index contributed by atoms with van der Waals surface area (Å²) in [6.45, 7) is 2.07. The third-order valence-corrected chi connectivity index (χ3v) is 3.40. The summed E-state index contributed by atoms with van der Waals surface area (Å²) in [5.74, 6) is 0.0453. The SMILES string of the molecule is CC1C(CS(C)(=O)=O)CN1C(=O)O. The quantitative estimate of drug-likeness (QED) is 0.693. The minimum absolute atomic E-state index is 0.0360. The van der Waals surface area contributed by atoms with Gasteiger partial charge in [-0.25, -0.2) is 13.2 Å². The summed E-state index contributed by atoms with van der Waals surface area (Å²) < 4.78 is 21.8. The number of hydrogen-bond donors (Lipinski definition) is 1. The van der Waals surface area contributed by atoms with Gasteiger partial charge in [0.15, 0.2) is 0 Å². The van der Waals surface area contributed by atoms with Crippen LogP contribution in [0.25, 0.3) is 0 Å². The second-order valence-electron chi connectivity index (χ2n) is 3.53. The van der Waals surface area contributed by atoms with Crippen molar-refractivity contribution in [2.24, 2.45) is 5.92 Å². The minimum Gasteiger partial charge on any atom is -0.465 e. The standard InChI is InChI=1S/C7H13NO4S/c1-5-6(4-13(2,11)12)3-8(5)7(9)10/h5-6H,3-4H2,1-2H3,(H,9,10). The summed E-state index contributed by atoms with van der Waals surface area (Å²) in [6, 6.07) is -0.174. The second kappa shape index (κ2) is 3.17. The van der Waals surface area contributed by atoms with Gasteiger partial charge in [0.05, 0.1) is 5.75 Å². The molecule has 1 fully saturated rings. The van der Waals surface area contributed by atoms with Crippen LogP contribution in [-0.2, 0) is 9.84 Å². The number of hydrogen-bond acceptors (Lipinski definition) is 3. The molecule has 1 rings (SSSR count). The topological polar surface area (TPSA) is 74.7 Å². The van der Waals surface area contributed by atoms with Crippen molar-refractivity contribution in [1.29, 1.82) is 0 Å². The maximum Gasteiger partial charge on any atom is 0.407 e. The molecule has 0 spiro atoms. The van der Waals surface area contributed by atoms with E-state index in [4.69, 9.17) is 5.11 Å². The molecule has 0 saturated carbocycles. The van der Waals surface area contributed by atoms with Gasteiger partial charge < -0.3 is 10.0 Å². The second-order valence-corrected chi connectivity index (χ2v) is 5.71. The van der Waals surface area contributed by atoms with E-state index in [1.54, 1.807) is 6.92 Å². The lowest BCUT2D eigenvalue weighted by Gasteiger charge is -2.44. The number of rotatable bonds is 2. The monoisotopic (exact) mass is 207 g/mol. The van der Waals surface area contributed by atoms with E-state index in [0.29, 0.717) is 6.54 Å². The molecule has 5 nitrogen and oxygen atoms in total. The third kappa shape index (κ3) is 2.33. The third-order valence-electron chi connectivity index (χ3n) is 2.37. The average Bonchev–Trinajstić information content (AvgIpc) is 1.94. The Morgan fingerprint density at radius 1 is 1.62 bits per heavy atom. The first-order valence-electron chi connectivity index (χ1n) is 3.98. The van der Waals surface area contributed by atoms with Crippen molar-refractivity contribution in [3.8, 4) is 0 Å². The molecule has 2 atom stereocenters. The normalized spacial score (nSPS) is 28.3. The summed E-state index contributed by atoms with van der Waals surface area (Å²) in [6.07, 6.45) is 0.195. The van der Waals surface area contributed by atoms with Gasteiger partial charge >= 0.3 is 6.09 Å². The van der Waals surface area contributed by atoms with E-state index >= 15 is 0 Å². The molecule has 1 heterocycles. The van der Waals surface area contributed by atoms with E-state index in [-0.39, 0.29) is 17.7 Å². The lowest BCUT2D eigenvalue weighted by molar-refractivity contribution is 0.0426. The molecule has 76 valence electrons. The van der Waals surface area contributed by atoms with Crippen LogP contribution in [0.5, 0.6) is 0 Å². The van der Waals surface area contributed by atoms with E-state index in [1.807, 2.05) is 0 Å². The van der Waals surface area contributed by atoms with Gasteiger partial charge in [-0.05, 0) is 6.92 Å². The van der Waals surface area contributed by atoms with Crippen LogP contribution in [0.1, 0.15) is 6.92 Å². The number of sulfone groups is 1. The van der Waals surface area contributed by atoms with Crippen molar-refractivity contribution in [2.45, 2.75) is 13.0 Å². The van der Waals surface area contributed by atoms with E-state index < -0.39 is 15.9 Å². The molecule has 0 aliphatic carbocycles. The fourth-order valence-corrected chi connectivity index (χ4v) is 2.68. The van der Waals surface area contributed by atoms with Crippen LogP contribution in [0.2, 0.25) is 0 Å². The van der Waals surface area contributed by atoms with Crippen molar-refractivity contribution < 1.29 is 18.3 Å². The molecule has 0 aromatic heterocycles. The molecule has 0 bridgehead atoms. The fourth-order valence-electron chi connectivity index (χ4n) is 1.52. The zero-order chi connectivity index (χ0) is 10.2. The van der Waals surface area contributed by atoms with Gasteiger partial charge in [0.25, 0.3) is 0 Å². The molecule has 1 saturated heterocycles. The Bertz CT molecular complexity index is 310. The number of nitrogens with zero attached hydrogens (tertiary/aromatic N) is 1. The van der Waals surface area contributed by atoms with Crippen LogP contribution in [0.15, 0.2) is 0 Å². The highest BCUT2D eigenvalue weighted by atomic mass is 32.2. The predicted molar refractivity (Wildman–Crippen MR) is 47.4 cm³/mol. The highest BCUT2D eigenvalue weighted by Gasteiger charge is 2.40. The van der Waals surface area contributed by atoms with Gasteiger partial charge in [-0.15, -0.1) is 0 Å². The van der Waals surface area contributed by atoms with Crippen LogP contribution in [0.3, 0.4) is 0 Å². The highest BCUT2D eigenvalue weighted by molar-refractivity contribution is 7.90. The Labute approximate surface area is 77.3 Å². The Hall–Kier alpha value is -0.780. The highest BCUT2D eigenvalue weighted by Crippen LogP contribution is 2.25. The maximum atomic E-state index is 10.9. The molecular weight excluding hydrogens is 194 g/mol. The predicted octanol–water partition coefficient (Wildman–Crippen LogP) is 0.0293. The minimum atomic E-state index is -2.99. The first kappa shape index (κ1) is 10.3. The molecule has 13 heavy (non-hydrogen) atoms. The van der Waals surface area contributed by atoms with Gasteiger partial charge in [-0.3, -0.25) is 0 Å². The molecular formula is C7H13NO4S. The Kier molecular flexibility index (Phi) is 2.51. The summed E-state index contributed by atoms with van der Waals surface area (Å²) >= 11 is 0. The van der Waals surface area contributed by atoms with Crippen molar-refractivity contribution in [1.82, 2.24) is 4.90 Å². The van der Waals surface area contributed by atoms with Crippen molar-refractivity contribution >= 4 is 15.9 Å². The number of amides is 1. The Morgan fingerprint density at radius 2 is 2.15 bits per heavy atom. The number of likely N-dealkylation sites (tertiary alicyclic amines) is 1. The maximum absolute atomic E-state index is 10.9. The Morgan fingerprint density at radius 3 is 2.46 bits per heavy atom. The zero-order valence-corrected chi connectivity index (χ0v) is 8.41. The molecule has 6 heteroatoms. The summed E-state index contributed by atoms with van der Waals surface area (Å²) in [7, 11) is -2.99. The molecule has 1 amide bonds. The van der Waals surface area contributed by atoms with Crippen molar-refractivity contribution in [3.05, 3.63) is 0 Å². The van der Waals surface area contributed by atoms with Gasteiger partial charge in [0.2, 0.25) is 0 Å². The van der Waals surface area contributed by atoms with E-state index in [1.165, 1.54) is 11.2 Å². The Balaban J connectivity index is 2.49. The van der Waals surface area contributed by atoms with Crippen molar-refractivity contribution in [2.75, 3.05) is 18.6 Å². The van der Waals surface area contributed by atoms with Crippen LogP contribution >= 0.6 is 0 Å². The van der Waals surface area contributed by atoms with Gasteiger partial charge in [-0.2, -0.15) is 0 Å². The lowest BCUT2D eigenvalue weighted by atomic mass is 9.92. The van der Waals surface area contributed by atoms with E-state index in [9.17, 15) is 13.2 Å². The van der Waals surface area contributed by atoms with E-state index in [2.05, 4.69) is 0 Å². The fraction of sp³-hybridized carbons (Fsp3) is 0.857. The molecule has 0 aromatic rings. The molecule has 1 aliphatic heterocycles. The van der Waals surface area contributed by atoms with Crippen LogP contribution in [0.4, 0.5) is 4.79 Å². The summed E-state index contributed by atoms with van der Waals surface area (Å²) in [5, 5.41) is 8.60. The summed E-state index contributed by atoms with van der Waals surface area (Å²) in [4.78, 5) is 11.7. The molecule has 0 aromatic carbocycles. The molecule has 2 unspecified atom stereocenters. The van der Waals surface area contributed by atoms with Crippen molar-refractivity contribution in [3.63, 3.8) is 0 Å². The van der Waals surface area contributed by atoms with Crippen LogP contribution in [0, 0.1) is 5.92 Å². The number of carboxylic acid groups (broad SMARTS) is 1. The number of carbonyl (C=O) groups is 1. The largest absolute Gasteiger partial charge is 0.465 e. The van der Waals surface area contributed by atoms with Crippen LogP contribution < -0.4 is 0 Å². The summed E-state index contributed by atoms with van der Waals surface area (Å²) in [5.41, 5.74) is 0. The molecule has 1 aliphatic rings.